The first kappa shape index (κ1) is 16.4. The fourth-order valence-electron chi connectivity index (χ4n) is 2.22. The SMILES string of the molecule is CC(=O)c1ccc(C(=O)N[C@@H](C[NH+](C)C)c2ccccc2)s1. The molecule has 0 radical (unpaired) electrons. The van der Waals surface area contributed by atoms with Gasteiger partial charge in [0, 0.05) is 0 Å². The number of likely N-dealkylation sites (N-methyl/N-ethyl adjacent to an activating group) is 1. The zero-order valence-corrected chi connectivity index (χ0v) is 13.9. The third-order valence-electron chi connectivity index (χ3n) is 3.30. The summed E-state index contributed by atoms with van der Waals surface area (Å²) < 4.78 is 0. The highest BCUT2D eigenvalue weighted by Crippen LogP contribution is 2.18. The van der Waals surface area contributed by atoms with Gasteiger partial charge in [-0.3, -0.25) is 9.59 Å². The normalized spacial score (nSPS) is 12.2. The molecule has 2 N–H and O–H groups in total. The van der Waals surface area contributed by atoms with Crippen molar-refractivity contribution in [2.45, 2.75) is 13.0 Å². The van der Waals surface area contributed by atoms with E-state index in [-0.39, 0.29) is 17.7 Å². The van der Waals surface area contributed by atoms with E-state index in [0.29, 0.717) is 9.75 Å². The van der Waals surface area contributed by atoms with Gasteiger partial charge in [0.15, 0.2) is 5.78 Å². The van der Waals surface area contributed by atoms with Crippen molar-refractivity contribution in [2.75, 3.05) is 20.6 Å². The topological polar surface area (TPSA) is 50.6 Å². The van der Waals surface area contributed by atoms with Crippen molar-refractivity contribution in [3.8, 4) is 0 Å². The van der Waals surface area contributed by atoms with Crippen molar-refractivity contribution in [1.29, 1.82) is 0 Å². The van der Waals surface area contributed by atoms with E-state index in [1.807, 2.05) is 30.3 Å². The van der Waals surface area contributed by atoms with E-state index in [1.54, 1.807) is 12.1 Å². The highest BCUT2D eigenvalue weighted by molar-refractivity contribution is 7.15. The first-order chi connectivity index (χ1) is 10.5. The molecule has 116 valence electrons. The molecular weight excluding hydrogens is 296 g/mol. The number of benzene rings is 1. The number of nitrogens with one attached hydrogen (secondary N) is 2. The molecule has 1 heterocycles. The average Bonchev–Trinajstić information content (AvgIpc) is 2.97. The van der Waals surface area contributed by atoms with Crippen LogP contribution in [0.15, 0.2) is 42.5 Å². The minimum absolute atomic E-state index is 0.0126. The standard InChI is InChI=1S/C17H20N2O2S/c1-12(20)15-9-10-16(22-15)17(21)18-14(11-19(2)3)13-7-5-4-6-8-13/h4-10,14H,11H2,1-3H3,(H,18,21)/p+1/t14-/m0/s1. The van der Waals surface area contributed by atoms with E-state index in [2.05, 4.69) is 19.4 Å². The van der Waals surface area contributed by atoms with Crippen LogP contribution >= 0.6 is 11.3 Å². The molecule has 0 bridgehead atoms. The first-order valence-corrected chi connectivity index (χ1v) is 8.04. The molecule has 0 saturated carbocycles. The molecule has 0 saturated heterocycles. The van der Waals surface area contributed by atoms with Crippen LogP contribution in [0.3, 0.4) is 0 Å². The summed E-state index contributed by atoms with van der Waals surface area (Å²) >= 11 is 1.24. The van der Waals surface area contributed by atoms with Crippen LogP contribution in [0.5, 0.6) is 0 Å². The molecule has 22 heavy (non-hydrogen) atoms. The molecule has 4 nitrogen and oxygen atoms in total. The summed E-state index contributed by atoms with van der Waals surface area (Å²) in [6.07, 6.45) is 0. The zero-order valence-electron chi connectivity index (χ0n) is 13.1. The number of carbonyl (C=O) groups excluding carboxylic acids is 2. The van der Waals surface area contributed by atoms with E-state index in [0.717, 1.165) is 12.1 Å². The van der Waals surface area contributed by atoms with Crippen LogP contribution in [-0.4, -0.2) is 32.3 Å². The number of amides is 1. The largest absolute Gasteiger partial charge is 0.339 e. The van der Waals surface area contributed by atoms with E-state index < -0.39 is 0 Å². The minimum atomic E-state index is -0.132. The van der Waals surface area contributed by atoms with E-state index in [9.17, 15) is 9.59 Å². The van der Waals surface area contributed by atoms with Gasteiger partial charge in [-0.25, -0.2) is 0 Å². The van der Waals surface area contributed by atoms with E-state index in [1.165, 1.54) is 23.2 Å². The quantitative estimate of drug-likeness (QED) is 0.795. The smallest absolute Gasteiger partial charge is 0.262 e. The lowest BCUT2D eigenvalue weighted by Crippen LogP contribution is -3.06. The number of ketones is 1. The average molecular weight is 317 g/mol. The highest BCUT2D eigenvalue weighted by atomic mass is 32.1. The monoisotopic (exact) mass is 317 g/mol. The Balaban J connectivity index is 2.15. The van der Waals surface area contributed by atoms with Gasteiger partial charge in [0.1, 0.15) is 12.6 Å². The zero-order chi connectivity index (χ0) is 16.1. The van der Waals surface area contributed by atoms with Gasteiger partial charge in [0.2, 0.25) is 0 Å². The van der Waals surface area contributed by atoms with Crippen LogP contribution in [-0.2, 0) is 0 Å². The number of Topliss-reactive ketones (excluding diaryl/α,β-unsaturated/α-hetero) is 1. The van der Waals surface area contributed by atoms with Gasteiger partial charge in [0.05, 0.1) is 23.8 Å². The molecule has 0 aliphatic carbocycles. The Hall–Kier alpha value is -1.98. The lowest BCUT2D eigenvalue weighted by Gasteiger charge is -2.20. The number of thiophene rings is 1. The Morgan fingerprint density at radius 2 is 1.73 bits per heavy atom. The Kier molecular flexibility index (Phi) is 5.46. The summed E-state index contributed by atoms with van der Waals surface area (Å²) in [6.45, 7) is 2.30. The van der Waals surface area contributed by atoms with Crippen LogP contribution in [0.2, 0.25) is 0 Å². The number of quaternary nitrogens is 1. The predicted molar refractivity (Wildman–Crippen MR) is 88.7 cm³/mol. The summed E-state index contributed by atoms with van der Waals surface area (Å²) in [6, 6.07) is 13.3. The molecule has 0 unspecified atom stereocenters. The van der Waals surface area contributed by atoms with Gasteiger partial charge in [-0.1, -0.05) is 30.3 Å². The maximum atomic E-state index is 12.4. The van der Waals surface area contributed by atoms with Crippen LogP contribution in [0.4, 0.5) is 0 Å². The minimum Gasteiger partial charge on any atom is -0.339 e. The van der Waals surface area contributed by atoms with Crippen molar-refractivity contribution < 1.29 is 14.5 Å². The summed E-state index contributed by atoms with van der Waals surface area (Å²) in [5.74, 6) is -0.144. The summed E-state index contributed by atoms with van der Waals surface area (Å²) in [7, 11) is 4.11. The second-order valence-electron chi connectivity index (χ2n) is 5.57. The molecule has 1 atom stereocenters. The van der Waals surface area contributed by atoms with Crippen molar-refractivity contribution >= 4 is 23.0 Å². The molecule has 0 fully saturated rings. The van der Waals surface area contributed by atoms with E-state index in [4.69, 9.17) is 0 Å². The molecule has 0 aliphatic rings. The highest BCUT2D eigenvalue weighted by Gasteiger charge is 2.19. The first-order valence-electron chi connectivity index (χ1n) is 7.23. The van der Waals surface area contributed by atoms with Gasteiger partial charge in [0.25, 0.3) is 5.91 Å². The predicted octanol–water partition coefficient (Wildman–Crippen LogP) is 1.57. The lowest BCUT2D eigenvalue weighted by atomic mass is 10.1. The number of hydrogen-bond donors (Lipinski definition) is 2. The molecule has 2 aromatic rings. The fourth-order valence-corrected chi connectivity index (χ4v) is 3.03. The Labute approximate surface area is 134 Å². The van der Waals surface area contributed by atoms with Crippen molar-refractivity contribution in [2.24, 2.45) is 0 Å². The molecular formula is C17H21N2O2S+. The van der Waals surface area contributed by atoms with Crippen molar-refractivity contribution in [3.05, 3.63) is 57.8 Å². The van der Waals surface area contributed by atoms with Crippen LogP contribution < -0.4 is 10.2 Å². The lowest BCUT2D eigenvalue weighted by molar-refractivity contribution is -0.860. The van der Waals surface area contributed by atoms with Gasteiger partial charge >= 0.3 is 0 Å². The number of hydrogen-bond acceptors (Lipinski definition) is 3. The number of rotatable bonds is 6. The van der Waals surface area contributed by atoms with Crippen LogP contribution in [0, 0.1) is 0 Å². The maximum absolute atomic E-state index is 12.4. The second kappa shape index (κ2) is 7.33. The Morgan fingerprint density at radius 3 is 2.27 bits per heavy atom. The summed E-state index contributed by atoms with van der Waals surface area (Å²) in [5.41, 5.74) is 1.08. The Morgan fingerprint density at radius 1 is 1.09 bits per heavy atom. The van der Waals surface area contributed by atoms with Gasteiger partial charge in [-0.15, -0.1) is 11.3 Å². The molecule has 1 aromatic carbocycles. The van der Waals surface area contributed by atoms with E-state index >= 15 is 0 Å². The summed E-state index contributed by atoms with van der Waals surface area (Å²) in [5, 5.41) is 3.07. The third-order valence-corrected chi connectivity index (χ3v) is 4.48. The molecule has 0 aliphatic heterocycles. The second-order valence-corrected chi connectivity index (χ2v) is 6.65. The maximum Gasteiger partial charge on any atom is 0.262 e. The van der Waals surface area contributed by atoms with Crippen LogP contribution in [0.25, 0.3) is 0 Å². The van der Waals surface area contributed by atoms with Crippen molar-refractivity contribution in [1.82, 2.24) is 5.32 Å². The molecule has 0 spiro atoms. The number of carbonyl (C=O) groups is 2. The summed E-state index contributed by atoms with van der Waals surface area (Å²) in [4.78, 5) is 26.2. The third kappa shape index (κ3) is 4.26. The Bertz CT molecular complexity index is 650. The molecule has 2 rings (SSSR count). The molecule has 1 aromatic heterocycles. The molecule has 1 amide bonds. The van der Waals surface area contributed by atoms with Gasteiger partial charge in [-0.05, 0) is 24.6 Å². The van der Waals surface area contributed by atoms with Crippen LogP contribution in [0.1, 0.15) is 37.9 Å². The fraction of sp³-hybridized carbons (Fsp3) is 0.294. The van der Waals surface area contributed by atoms with Gasteiger partial charge < -0.3 is 10.2 Å². The van der Waals surface area contributed by atoms with Gasteiger partial charge in [-0.2, -0.15) is 0 Å². The molecule has 5 heteroatoms. The van der Waals surface area contributed by atoms with Crippen molar-refractivity contribution in [3.63, 3.8) is 0 Å².